The monoisotopic (exact) mass is 260 g/mol. The molecule has 0 fully saturated rings. The Kier molecular flexibility index (Phi) is 5.49. The van der Waals surface area contributed by atoms with Crippen LogP contribution in [-0.4, -0.2) is 26.6 Å². The molecule has 100 valence electrons. The Morgan fingerprint density at radius 2 is 1.89 bits per heavy atom. The van der Waals surface area contributed by atoms with Gasteiger partial charge in [-0.05, 0) is 30.7 Å². The van der Waals surface area contributed by atoms with E-state index >= 15 is 0 Å². The summed E-state index contributed by atoms with van der Waals surface area (Å²) in [6, 6.07) is 3.49. The van der Waals surface area contributed by atoms with Crippen molar-refractivity contribution in [1.29, 1.82) is 0 Å². The zero-order chi connectivity index (χ0) is 14.3. The quantitative estimate of drug-likeness (QED) is 0.581. The number of hydrogen-bond acceptors (Lipinski definition) is 4. The maximum absolute atomic E-state index is 10.9. The molecule has 0 aliphatic rings. The molecule has 0 unspecified atom stereocenters. The first-order chi connectivity index (χ1) is 9.12. The van der Waals surface area contributed by atoms with Gasteiger partial charge < -0.3 is 14.2 Å². The standard InChI is InChI=1S/C15H16O4/c1-5-8-19-15-13(17-3)9-12(7-6-11(2)16)10-14(15)18-4/h1,6-7,9-10H,8H2,2-4H3/b7-6+. The van der Waals surface area contributed by atoms with Gasteiger partial charge in [0.15, 0.2) is 17.3 Å². The van der Waals surface area contributed by atoms with Crippen LogP contribution >= 0.6 is 0 Å². The van der Waals surface area contributed by atoms with Crippen molar-refractivity contribution in [2.45, 2.75) is 6.92 Å². The normalized spacial score (nSPS) is 10.0. The third-order valence-corrected chi connectivity index (χ3v) is 2.29. The summed E-state index contributed by atoms with van der Waals surface area (Å²) in [6.45, 7) is 1.60. The van der Waals surface area contributed by atoms with Gasteiger partial charge >= 0.3 is 0 Å². The van der Waals surface area contributed by atoms with Crippen molar-refractivity contribution in [2.24, 2.45) is 0 Å². The number of rotatable bonds is 6. The van der Waals surface area contributed by atoms with E-state index in [9.17, 15) is 4.79 Å². The second-order valence-corrected chi connectivity index (χ2v) is 3.69. The summed E-state index contributed by atoms with van der Waals surface area (Å²) in [4.78, 5) is 10.9. The predicted octanol–water partition coefficient (Wildman–Crippen LogP) is 2.32. The third-order valence-electron chi connectivity index (χ3n) is 2.29. The number of methoxy groups -OCH3 is 2. The smallest absolute Gasteiger partial charge is 0.204 e. The zero-order valence-corrected chi connectivity index (χ0v) is 11.2. The molecule has 0 N–H and O–H groups in total. The maximum atomic E-state index is 10.9. The molecule has 0 atom stereocenters. The number of terminal acetylenes is 1. The Labute approximate surface area is 113 Å². The molecule has 0 aliphatic heterocycles. The second kappa shape index (κ2) is 7.12. The predicted molar refractivity (Wildman–Crippen MR) is 73.6 cm³/mol. The lowest BCUT2D eigenvalue weighted by atomic mass is 10.1. The first kappa shape index (κ1) is 14.7. The molecular formula is C15H16O4. The van der Waals surface area contributed by atoms with Gasteiger partial charge in [0, 0.05) is 0 Å². The summed E-state index contributed by atoms with van der Waals surface area (Å²) in [5, 5.41) is 0. The molecule has 4 nitrogen and oxygen atoms in total. The van der Waals surface area contributed by atoms with Crippen molar-refractivity contribution >= 4 is 11.9 Å². The van der Waals surface area contributed by atoms with Crippen LogP contribution in [0.3, 0.4) is 0 Å². The van der Waals surface area contributed by atoms with Crippen LogP contribution in [0.5, 0.6) is 17.2 Å². The van der Waals surface area contributed by atoms with Crippen LogP contribution in [0, 0.1) is 12.3 Å². The first-order valence-corrected chi connectivity index (χ1v) is 5.63. The maximum Gasteiger partial charge on any atom is 0.204 e. The van der Waals surface area contributed by atoms with Gasteiger partial charge in [-0.2, -0.15) is 0 Å². The van der Waals surface area contributed by atoms with E-state index in [1.54, 1.807) is 18.2 Å². The second-order valence-electron chi connectivity index (χ2n) is 3.69. The van der Waals surface area contributed by atoms with Crippen LogP contribution in [0.2, 0.25) is 0 Å². The van der Waals surface area contributed by atoms with E-state index in [4.69, 9.17) is 20.6 Å². The Morgan fingerprint density at radius 3 is 2.32 bits per heavy atom. The van der Waals surface area contributed by atoms with E-state index in [0.29, 0.717) is 17.2 Å². The van der Waals surface area contributed by atoms with E-state index in [0.717, 1.165) is 5.56 Å². The molecule has 0 spiro atoms. The molecule has 0 aliphatic carbocycles. The lowest BCUT2D eigenvalue weighted by Gasteiger charge is -2.13. The summed E-state index contributed by atoms with van der Waals surface area (Å²) >= 11 is 0. The van der Waals surface area contributed by atoms with Crippen LogP contribution in [0.4, 0.5) is 0 Å². The Balaban J connectivity index is 3.20. The van der Waals surface area contributed by atoms with E-state index in [-0.39, 0.29) is 12.4 Å². The van der Waals surface area contributed by atoms with Gasteiger partial charge in [-0.3, -0.25) is 4.79 Å². The molecule has 1 aromatic carbocycles. The van der Waals surface area contributed by atoms with Gasteiger partial charge in [0.25, 0.3) is 0 Å². The average Bonchev–Trinajstić information content (AvgIpc) is 2.42. The molecule has 0 amide bonds. The molecule has 1 rings (SSSR count). The van der Waals surface area contributed by atoms with Crippen molar-refractivity contribution in [3.63, 3.8) is 0 Å². The molecule has 0 heterocycles. The van der Waals surface area contributed by atoms with Gasteiger partial charge in [-0.15, -0.1) is 6.42 Å². The molecule has 0 saturated heterocycles. The highest BCUT2D eigenvalue weighted by Gasteiger charge is 2.13. The van der Waals surface area contributed by atoms with E-state index < -0.39 is 0 Å². The SMILES string of the molecule is C#CCOc1c(OC)cc(/C=C/C(C)=O)cc1OC. The first-order valence-electron chi connectivity index (χ1n) is 5.63. The number of hydrogen-bond donors (Lipinski definition) is 0. The number of ether oxygens (including phenoxy) is 3. The third kappa shape index (κ3) is 4.07. The van der Waals surface area contributed by atoms with Crippen molar-refractivity contribution in [1.82, 2.24) is 0 Å². The lowest BCUT2D eigenvalue weighted by Crippen LogP contribution is -2.00. The minimum Gasteiger partial charge on any atom is -0.493 e. The summed E-state index contributed by atoms with van der Waals surface area (Å²) in [6.07, 6.45) is 8.31. The number of allylic oxidation sites excluding steroid dienone is 1. The van der Waals surface area contributed by atoms with E-state index in [1.165, 1.54) is 27.2 Å². The largest absolute Gasteiger partial charge is 0.493 e. The fraction of sp³-hybridized carbons (Fsp3) is 0.267. The molecule has 0 radical (unpaired) electrons. The highest BCUT2D eigenvalue weighted by molar-refractivity contribution is 5.91. The topological polar surface area (TPSA) is 44.8 Å². The van der Waals surface area contributed by atoms with Crippen LogP contribution in [0.15, 0.2) is 18.2 Å². The minimum atomic E-state index is -0.0365. The molecule has 0 bridgehead atoms. The van der Waals surface area contributed by atoms with Crippen molar-refractivity contribution < 1.29 is 19.0 Å². The summed E-state index contributed by atoms with van der Waals surface area (Å²) in [5.41, 5.74) is 0.775. The van der Waals surface area contributed by atoms with Crippen molar-refractivity contribution in [3.8, 4) is 29.6 Å². The summed E-state index contributed by atoms with van der Waals surface area (Å²) < 4.78 is 15.9. The fourth-order valence-electron chi connectivity index (χ4n) is 1.47. The van der Waals surface area contributed by atoms with E-state index in [1.807, 2.05) is 0 Å². The average molecular weight is 260 g/mol. The number of carbonyl (C=O) groups excluding carboxylic acids is 1. The molecule has 4 heteroatoms. The molecule has 19 heavy (non-hydrogen) atoms. The van der Waals surface area contributed by atoms with E-state index in [2.05, 4.69) is 5.92 Å². The van der Waals surface area contributed by atoms with Crippen LogP contribution in [-0.2, 0) is 4.79 Å². The fourth-order valence-corrected chi connectivity index (χ4v) is 1.47. The Morgan fingerprint density at radius 1 is 1.32 bits per heavy atom. The summed E-state index contributed by atoms with van der Waals surface area (Å²) in [7, 11) is 3.05. The zero-order valence-electron chi connectivity index (χ0n) is 11.2. The molecule has 0 saturated carbocycles. The van der Waals surface area contributed by atoms with Crippen molar-refractivity contribution in [2.75, 3.05) is 20.8 Å². The molecule has 0 aromatic heterocycles. The van der Waals surface area contributed by atoms with Crippen molar-refractivity contribution in [3.05, 3.63) is 23.8 Å². The van der Waals surface area contributed by atoms with Crippen LogP contribution in [0.1, 0.15) is 12.5 Å². The van der Waals surface area contributed by atoms with Gasteiger partial charge in [-0.25, -0.2) is 0 Å². The highest BCUT2D eigenvalue weighted by atomic mass is 16.5. The van der Waals surface area contributed by atoms with Gasteiger partial charge in [0.1, 0.15) is 6.61 Å². The minimum absolute atomic E-state index is 0.0365. The highest BCUT2D eigenvalue weighted by Crippen LogP contribution is 2.38. The lowest BCUT2D eigenvalue weighted by molar-refractivity contribution is -0.112. The van der Waals surface area contributed by atoms with Gasteiger partial charge in [0.05, 0.1) is 14.2 Å². The molecular weight excluding hydrogens is 244 g/mol. The Hall–Kier alpha value is -2.41. The van der Waals surface area contributed by atoms with Gasteiger partial charge in [-0.1, -0.05) is 12.0 Å². The van der Waals surface area contributed by atoms with Crippen LogP contribution < -0.4 is 14.2 Å². The van der Waals surface area contributed by atoms with Gasteiger partial charge in [0.2, 0.25) is 5.75 Å². The number of benzene rings is 1. The Bertz CT molecular complexity index is 498. The summed E-state index contributed by atoms with van der Waals surface area (Å²) in [5.74, 6) is 3.79. The van der Waals surface area contributed by atoms with Crippen LogP contribution in [0.25, 0.3) is 6.08 Å². The number of carbonyl (C=O) groups is 1. The molecule has 1 aromatic rings. The number of ketones is 1.